The normalized spacial score (nSPS) is 13.8. The van der Waals surface area contributed by atoms with E-state index in [1.165, 1.54) is 24.3 Å². The van der Waals surface area contributed by atoms with Crippen LogP contribution in [0.25, 0.3) is 0 Å². The summed E-state index contributed by atoms with van der Waals surface area (Å²) in [7, 11) is 0. The number of ketones is 1. The third-order valence-electron chi connectivity index (χ3n) is 6.95. The van der Waals surface area contributed by atoms with Crippen molar-refractivity contribution < 1.29 is 14.6 Å². The second kappa shape index (κ2) is 14.8. The van der Waals surface area contributed by atoms with Gasteiger partial charge in [-0.15, -0.1) is 0 Å². The van der Waals surface area contributed by atoms with Gasteiger partial charge in [-0.1, -0.05) is 76.7 Å². The molecule has 222 valence electrons. The molecule has 0 fully saturated rings. The summed E-state index contributed by atoms with van der Waals surface area (Å²) in [6, 6.07) is 21.3. The topological polar surface area (TPSA) is 115 Å². The van der Waals surface area contributed by atoms with Crippen LogP contribution in [0.3, 0.4) is 0 Å². The Kier molecular flexibility index (Phi) is 11.1. The SMILES string of the molecule is O=C(CCCc1ccc(Cl)cc1Cl)c1cccc([N+](=O)[O-])c1.O=[N+]([O-])c1cccc(C2CNCc3c(Cl)cc(Cl)cc32)c1. The van der Waals surface area contributed by atoms with E-state index in [9.17, 15) is 25.0 Å². The first-order valence-corrected chi connectivity index (χ1v) is 14.7. The van der Waals surface area contributed by atoms with E-state index in [2.05, 4.69) is 5.32 Å². The molecule has 1 aliphatic rings. The summed E-state index contributed by atoms with van der Waals surface area (Å²) in [5, 5.41) is 27.3. The molecule has 0 saturated carbocycles. The van der Waals surface area contributed by atoms with Crippen LogP contribution in [0.2, 0.25) is 20.1 Å². The van der Waals surface area contributed by atoms with E-state index in [-0.39, 0.29) is 28.0 Å². The molecule has 0 aromatic heterocycles. The summed E-state index contributed by atoms with van der Waals surface area (Å²) in [4.78, 5) is 32.8. The molecule has 0 radical (unpaired) electrons. The highest BCUT2D eigenvalue weighted by atomic mass is 35.5. The van der Waals surface area contributed by atoms with Gasteiger partial charge in [0.15, 0.2) is 5.78 Å². The zero-order valence-electron chi connectivity index (χ0n) is 22.6. The van der Waals surface area contributed by atoms with E-state index in [1.54, 1.807) is 36.4 Å². The number of non-ortho nitro benzene ring substituents is 2. The second-order valence-electron chi connectivity index (χ2n) is 9.81. The molecule has 1 atom stereocenters. The fourth-order valence-electron chi connectivity index (χ4n) is 4.83. The van der Waals surface area contributed by atoms with Crippen molar-refractivity contribution in [1.82, 2.24) is 5.32 Å². The van der Waals surface area contributed by atoms with Crippen LogP contribution in [0.15, 0.2) is 78.9 Å². The summed E-state index contributed by atoms with van der Waals surface area (Å²) >= 11 is 24.3. The fourth-order valence-corrected chi connectivity index (χ4v) is 5.90. The molecule has 0 saturated heterocycles. The Hall–Kier alpha value is -3.53. The maximum Gasteiger partial charge on any atom is 0.270 e. The third kappa shape index (κ3) is 8.53. The van der Waals surface area contributed by atoms with Crippen molar-refractivity contribution in [3.8, 4) is 0 Å². The number of benzene rings is 4. The highest BCUT2D eigenvalue weighted by Gasteiger charge is 2.25. The lowest BCUT2D eigenvalue weighted by Gasteiger charge is -2.27. The predicted octanol–water partition coefficient (Wildman–Crippen LogP) is 9.24. The van der Waals surface area contributed by atoms with Crippen LogP contribution in [0.1, 0.15) is 51.4 Å². The number of halogens is 4. The first-order valence-electron chi connectivity index (χ1n) is 13.2. The van der Waals surface area contributed by atoms with Gasteiger partial charge in [0.2, 0.25) is 0 Å². The number of fused-ring (bicyclic) bond motifs is 1. The molecule has 1 aliphatic heterocycles. The Morgan fingerprint density at radius 2 is 1.49 bits per heavy atom. The van der Waals surface area contributed by atoms with Gasteiger partial charge in [0, 0.05) is 75.3 Å². The first kappa shape index (κ1) is 32.4. The van der Waals surface area contributed by atoms with Crippen LogP contribution in [-0.4, -0.2) is 22.2 Å². The molecule has 4 aromatic rings. The zero-order valence-corrected chi connectivity index (χ0v) is 25.6. The molecule has 0 bridgehead atoms. The molecule has 0 aliphatic carbocycles. The number of carbonyl (C=O) groups excluding carboxylic acids is 1. The monoisotopic (exact) mass is 659 g/mol. The molecule has 1 heterocycles. The zero-order chi connectivity index (χ0) is 31.1. The van der Waals surface area contributed by atoms with E-state index < -0.39 is 4.92 Å². The van der Waals surface area contributed by atoms with Crippen LogP contribution < -0.4 is 5.32 Å². The maximum atomic E-state index is 12.1. The van der Waals surface area contributed by atoms with Crippen LogP contribution in [0.5, 0.6) is 0 Å². The summed E-state index contributed by atoms with van der Waals surface area (Å²) < 4.78 is 0. The third-order valence-corrected chi connectivity index (χ3v) is 8.09. The molecule has 0 spiro atoms. The van der Waals surface area contributed by atoms with Gasteiger partial charge >= 0.3 is 0 Å². The van der Waals surface area contributed by atoms with Crippen LogP contribution >= 0.6 is 46.4 Å². The van der Waals surface area contributed by atoms with Gasteiger partial charge in [-0.3, -0.25) is 25.0 Å². The Morgan fingerprint density at radius 1 is 0.814 bits per heavy atom. The Labute approximate surface area is 267 Å². The lowest BCUT2D eigenvalue weighted by molar-refractivity contribution is -0.385. The molecule has 0 amide bonds. The van der Waals surface area contributed by atoms with Crippen molar-refractivity contribution >= 4 is 63.6 Å². The lowest BCUT2D eigenvalue weighted by Crippen LogP contribution is -2.29. The summed E-state index contributed by atoms with van der Waals surface area (Å²) in [6.45, 7) is 1.38. The van der Waals surface area contributed by atoms with Gasteiger partial charge in [0.25, 0.3) is 11.4 Å². The number of hydrogen-bond donors (Lipinski definition) is 1. The van der Waals surface area contributed by atoms with Crippen molar-refractivity contribution in [2.45, 2.75) is 31.7 Å². The first-order chi connectivity index (χ1) is 20.5. The minimum Gasteiger partial charge on any atom is -0.312 e. The van der Waals surface area contributed by atoms with Crippen LogP contribution in [0.4, 0.5) is 11.4 Å². The number of hydrogen-bond acceptors (Lipinski definition) is 6. The van der Waals surface area contributed by atoms with Gasteiger partial charge in [-0.2, -0.15) is 0 Å². The molecule has 5 rings (SSSR count). The van der Waals surface area contributed by atoms with Crippen molar-refractivity contribution in [1.29, 1.82) is 0 Å². The molecular formula is C31H25Cl4N3O5. The maximum absolute atomic E-state index is 12.1. The van der Waals surface area contributed by atoms with Crippen molar-refractivity contribution in [2.75, 3.05) is 6.54 Å². The van der Waals surface area contributed by atoms with E-state index >= 15 is 0 Å². The fraction of sp³-hybridized carbons (Fsp3) is 0.194. The van der Waals surface area contributed by atoms with Gasteiger partial charge < -0.3 is 5.32 Å². The minimum atomic E-state index is -0.510. The highest BCUT2D eigenvalue weighted by Crippen LogP contribution is 2.37. The largest absolute Gasteiger partial charge is 0.312 e. The van der Waals surface area contributed by atoms with E-state index in [0.717, 1.165) is 22.3 Å². The number of nitrogens with one attached hydrogen (secondary N) is 1. The minimum absolute atomic E-state index is 0.00449. The van der Waals surface area contributed by atoms with E-state index in [0.29, 0.717) is 58.0 Å². The van der Waals surface area contributed by atoms with Gasteiger partial charge in [-0.05, 0) is 59.4 Å². The summed E-state index contributed by atoms with van der Waals surface area (Å²) in [5.74, 6) is -0.112. The van der Waals surface area contributed by atoms with E-state index in [4.69, 9.17) is 46.4 Å². The Bertz CT molecular complexity index is 1680. The van der Waals surface area contributed by atoms with Gasteiger partial charge in [-0.25, -0.2) is 0 Å². The summed E-state index contributed by atoms with van der Waals surface area (Å²) in [5.41, 5.74) is 4.22. The second-order valence-corrected chi connectivity index (χ2v) is 11.5. The molecule has 43 heavy (non-hydrogen) atoms. The summed E-state index contributed by atoms with van der Waals surface area (Å²) in [6.07, 6.45) is 1.57. The Morgan fingerprint density at radius 3 is 2.19 bits per heavy atom. The van der Waals surface area contributed by atoms with Gasteiger partial charge in [0.05, 0.1) is 9.85 Å². The predicted molar refractivity (Wildman–Crippen MR) is 170 cm³/mol. The van der Waals surface area contributed by atoms with Crippen molar-refractivity contribution in [3.05, 3.63) is 147 Å². The number of Topliss-reactive ketones (excluding diaryl/α,β-unsaturated/α-hetero) is 1. The average molecular weight is 661 g/mol. The molecule has 4 aromatic carbocycles. The number of carbonyl (C=O) groups is 1. The van der Waals surface area contributed by atoms with Gasteiger partial charge in [0.1, 0.15) is 0 Å². The molecule has 12 heteroatoms. The van der Waals surface area contributed by atoms with E-state index in [1.807, 2.05) is 18.2 Å². The number of nitro groups is 2. The van der Waals surface area contributed by atoms with Crippen LogP contribution in [-0.2, 0) is 13.0 Å². The lowest BCUT2D eigenvalue weighted by atomic mass is 9.85. The molecule has 1 N–H and O–H groups in total. The van der Waals surface area contributed by atoms with Crippen molar-refractivity contribution in [3.63, 3.8) is 0 Å². The number of nitrogens with zero attached hydrogens (tertiary/aromatic N) is 2. The Balaban J connectivity index is 0.000000197. The number of nitro benzene ring substituents is 2. The smallest absolute Gasteiger partial charge is 0.270 e. The quantitative estimate of drug-likeness (QED) is 0.114. The van der Waals surface area contributed by atoms with Crippen molar-refractivity contribution in [2.24, 2.45) is 0 Å². The molecular weight excluding hydrogens is 636 g/mol. The average Bonchev–Trinajstić information content (AvgIpc) is 2.98. The van der Waals surface area contributed by atoms with Crippen LogP contribution in [0, 0.1) is 20.2 Å². The number of aryl methyl sites for hydroxylation is 1. The molecule has 8 nitrogen and oxygen atoms in total. The standard InChI is InChI=1S/C16H13Cl2NO3.C15H12Cl2N2O2/c17-13-8-7-11(15(18)10-13)3-2-6-16(20)12-4-1-5-14(9-12)19(21)22;16-10-5-12-13(7-18-8-14(12)15(17)6-10)9-2-1-3-11(4-9)19(20)21/h1,4-5,7-10H,2-3,6H2;1-6,13,18H,7-8H2. The number of rotatable bonds is 8. The molecule has 1 unspecified atom stereocenters. The highest BCUT2D eigenvalue weighted by molar-refractivity contribution is 6.35.